The summed E-state index contributed by atoms with van der Waals surface area (Å²) >= 11 is 0. The van der Waals surface area contributed by atoms with Crippen molar-refractivity contribution >= 4 is 5.91 Å². The van der Waals surface area contributed by atoms with E-state index in [0.29, 0.717) is 5.56 Å². The van der Waals surface area contributed by atoms with Gasteiger partial charge in [0.25, 0.3) is 5.91 Å². The van der Waals surface area contributed by atoms with Crippen molar-refractivity contribution < 1.29 is 9.53 Å². The van der Waals surface area contributed by atoms with Crippen LogP contribution in [0, 0.1) is 0 Å². The molecule has 2 rings (SSSR count). The van der Waals surface area contributed by atoms with Gasteiger partial charge in [-0.2, -0.15) is 0 Å². The minimum atomic E-state index is -0.0983. The Bertz CT molecular complexity index is 544. The van der Waals surface area contributed by atoms with Gasteiger partial charge in [0.05, 0.1) is 0 Å². The number of carbonyl (C=O) groups excluding carboxylic acids is 1. The number of benzene rings is 2. The Morgan fingerprint density at radius 2 is 1.53 bits per heavy atom. The van der Waals surface area contributed by atoms with Crippen molar-refractivity contribution in [3.63, 3.8) is 0 Å². The molecule has 2 aromatic carbocycles. The van der Waals surface area contributed by atoms with Crippen LogP contribution in [0.15, 0.2) is 48.5 Å². The fourth-order valence-electron chi connectivity index (χ4n) is 1.75. The first-order valence-electron chi connectivity index (χ1n) is 6.32. The van der Waals surface area contributed by atoms with Gasteiger partial charge in [-0.1, -0.05) is 19.1 Å². The van der Waals surface area contributed by atoms with Crippen molar-refractivity contribution in [2.24, 2.45) is 0 Å². The lowest BCUT2D eigenvalue weighted by atomic mass is 10.2. The van der Waals surface area contributed by atoms with E-state index in [1.165, 1.54) is 5.56 Å². The molecule has 3 heteroatoms. The van der Waals surface area contributed by atoms with Crippen molar-refractivity contribution in [1.29, 1.82) is 0 Å². The molecular formula is C16H17NO2. The summed E-state index contributed by atoms with van der Waals surface area (Å²) in [5, 5.41) is 2.58. The minimum Gasteiger partial charge on any atom is -0.457 e. The topological polar surface area (TPSA) is 38.3 Å². The fourth-order valence-corrected chi connectivity index (χ4v) is 1.75. The first kappa shape index (κ1) is 13.1. The highest BCUT2D eigenvalue weighted by molar-refractivity contribution is 5.94. The van der Waals surface area contributed by atoms with Gasteiger partial charge >= 0.3 is 0 Å². The number of carbonyl (C=O) groups is 1. The lowest BCUT2D eigenvalue weighted by Gasteiger charge is -2.07. The summed E-state index contributed by atoms with van der Waals surface area (Å²) in [5.41, 5.74) is 1.90. The summed E-state index contributed by atoms with van der Waals surface area (Å²) < 4.78 is 5.71. The number of hydrogen-bond acceptors (Lipinski definition) is 2. The van der Waals surface area contributed by atoms with Crippen LogP contribution in [0.5, 0.6) is 11.5 Å². The number of hydrogen-bond donors (Lipinski definition) is 1. The maximum absolute atomic E-state index is 11.4. The minimum absolute atomic E-state index is 0.0983. The van der Waals surface area contributed by atoms with Gasteiger partial charge in [-0.15, -0.1) is 0 Å². The maximum atomic E-state index is 11.4. The summed E-state index contributed by atoms with van der Waals surface area (Å²) in [6, 6.07) is 15.1. The van der Waals surface area contributed by atoms with E-state index in [-0.39, 0.29) is 5.91 Å². The quantitative estimate of drug-likeness (QED) is 0.909. The van der Waals surface area contributed by atoms with Crippen LogP contribution in [0.3, 0.4) is 0 Å². The van der Waals surface area contributed by atoms with Crippen LogP contribution in [-0.4, -0.2) is 13.0 Å². The zero-order chi connectivity index (χ0) is 13.7. The molecule has 0 aromatic heterocycles. The molecule has 3 nitrogen and oxygen atoms in total. The number of aryl methyl sites for hydroxylation is 1. The second kappa shape index (κ2) is 6.05. The Labute approximate surface area is 113 Å². The van der Waals surface area contributed by atoms with Crippen molar-refractivity contribution in [2.45, 2.75) is 13.3 Å². The molecule has 19 heavy (non-hydrogen) atoms. The van der Waals surface area contributed by atoms with Crippen LogP contribution in [0.4, 0.5) is 0 Å². The lowest BCUT2D eigenvalue weighted by molar-refractivity contribution is 0.0963. The molecule has 98 valence electrons. The highest BCUT2D eigenvalue weighted by atomic mass is 16.5. The van der Waals surface area contributed by atoms with E-state index < -0.39 is 0 Å². The molecule has 0 bridgehead atoms. The van der Waals surface area contributed by atoms with Gasteiger partial charge in [-0.3, -0.25) is 4.79 Å². The van der Waals surface area contributed by atoms with E-state index in [9.17, 15) is 4.79 Å². The molecule has 0 saturated carbocycles. The summed E-state index contributed by atoms with van der Waals surface area (Å²) in [5.74, 6) is 1.42. The van der Waals surface area contributed by atoms with E-state index in [1.807, 2.05) is 24.3 Å². The molecule has 2 aromatic rings. The molecule has 0 aliphatic carbocycles. The van der Waals surface area contributed by atoms with Crippen molar-refractivity contribution in [2.75, 3.05) is 7.05 Å². The molecule has 0 heterocycles. The normalized spacial score (nSPS) is 10.0. The maximum Gasteiger partial charge on any atom is 0.251 e. The number of ether oxygens (including phenoxy) is 1. The zero-order valence-electron chi connectivity index (χ0n) is 11.1. The van der Waals surface area contributed by atoms with Crippen molar-refractivity contribution in [3.05, 3.63) is 59.7 Å². The van der Waals surface area contributed by atoms with E-state index >= 15 is 0 Å². The van der Waals surface area contributed by atoms with Crippen LogP contribution in [0.1, 0.15) is 22.8 Å². The van der Waals surface area contributed by atoms with Gasteiger partial charge in [0.2, 0.25) is 0 Å². The molecule has 0 spiro atoms. The smallest absolute Gasteiger partial charge is 0.251 e. The van der Waals surface area contributed by atoms with Gasteiger partial charge in [-0.25, -0.2) is 0 Å². The van der Waals surface area contributed by atoms with E-state index in [1.54, 1.807) is 31.3 Å². The third kappa shape index (κ3) is 3.35. The number of amides is 1. The molecule has 0 atom stereocenters. The largest absolute Gasteiger partial charge is 0.457 e. The van der Waals surface area contributed by atoms with Gasteiger partial charge in [0.15, 0.2) is 0 Å². The molecular weight excluding hydrogens is 238 g/mol. The average molecular weight is 255 g/mol. The Kier molecular flexibility index (Phi) is 4.18. The summed E-state index contributed by atoms with van der Waals surface area (Å²) in [7, 11) is 1.61. The third-order valence-corrected chi connectivity index (χ3v) is 2.91. The predicted molar refractivity (Wildman–Crippen MR) is 75.7 cm³/mol. The molecule has 0 radical (unpaired) electrons. The van der Waals surface area contributed by atoms with Gasteiger partial charge in [0.1, 0.15) is 11.5 Å². The highest BCUT2D eigenvalue weighted by Crippen LogP contribution is 2.22. The van der Waals surface area contributed by atoms with Crippen molar-refractivity contribution in [1.82, 2.24) is 5.32 Å². The molecule has 0 fully saturated rings. The standard InChI is InChI=1S/C16H17NO2/c1-3-12-4-8-14(9-5-12)19-15-10-6-13(7-11-15)16(18)17-2/h4-11H,3H2,1-2H3,(H,17,18). The molecule has 0 aliphatic rings. The van der Waals surface area contributed by atoms with Gasteiger partial charge in [0, 0.05) is 12.6 Å². The van der Waals surface area contributed by atoms with Crippen LogP contribution in [0.2, 0.25) is 0 Å². The first-order valence-corrected chi connectivity index (χ1v) is 6.32. The number of rotatable bonds is 4. The van der Waals surface area contributed by atoms with Gasteiger partial charge in [-0.05, 0) is 48.4 Å². The monoisotopic (exact) mass is 255 g/mol. The summed E-state index contributed by atoms with van der Waals surface area (Å²) in [6.07, 6.45) is 1.01. The fraction of sp³-hybridized carbons (Fsp3) is 0.188. The number of nitrogens with one attached hydrogen (secondary N) is 1. The van der Waals surface area contributed by atoms with Gasteiger partial charge < -0.3 is 10.1 Å². The SMILES string of the molecule is CCc1ccc(Oc2ccc(C(=O)NC)cc2)cc1. The van der Waals surface area contributed by atoms with Crippen LogP contribution >= 0.6 is 0 Å². The van der Waals surface area contributed by atoms with Crippen LogP contribution in [-0.2, 0) is 6.42 Å². The van der Waals surface area contributed by atoms with Crippen LogP contribution < -0.4 is 10.1 Å². The molecule has 0 saturated heterocycles. The first-order chi connectivity index (χ1) is 9.22. The highest BCUT2D eigenvalue weighted by Gasteiger charge is 2.03. The van der Waals surface area contributed by atoms with Crippen LogP contribution in [0.25, 0.3) is 0 Å². The third-order valence-electron chi connectivity index (χ3n) is 2.91. The predicted octanol–water partition coefficient (Wildman–Crippen LogP) is 3.40. The Hall–Kier alpha value is -2.29. The van der Waals surface area contributed by atoms with Crippen molar-refractivity contribution in [3.8, 4) is 11.5 Å². The molecule has 1 amide bonds. The zero-order valence-corrected chi connectivity index (χ0v) is 11.1. The Morgan fingerprint density at radius 3 is 2.00 bits per heavy atom. The second-order valence-corrected chi connectivity index (χ2v) is 4.20. The average Bonchev–Trinajstić information content (AvgIpc) is 2.48. The molecule has 0 unspecified atom stereocenters. The molecule has 1 N–H and O–H groups in total. The lowest BCUT2D eigenvalue weighted by Crippen LogP contribution is -2.17. The Morgan fingerprint density at radius 1 is 1.00 bits per heavy atom. The summed E-state index contributed by atoms with van der Waals surface area (Å²) in [4.78, 5) is 11.4. The second-order valence-electron chi connectivity index (χ2n) is 4.20. The van der Waals surface area contributed by atoms with E-state index in [2.05, 4.69) is 12.2 Å². The summed E-state index contributed by atoms with van der Waals surface area (Å²) in [6.45, 7) is 2.12. The van der Waals surface area contributed by atoms with E-state index in [0.717, 1.165) is 17.9 Å². The molecule has 0 aliphatic heterocycles. The Balaban J connectivity index is 2.08. The van der Waals surface area contributed by atoms with E-state index in [4.69, 9.17) is 4.74 Å².